The van der Waals surface area contributed by atoms with Crippen molar-refractivity contribution < 1.29 is 25.0 Å². The van der Waals surface area contributed by atoms with Gasteiger partial charge in [0.15, 0.2) is 0 Å². The second-order valence-corrected chi connectivity index (χ2v) is 6.96. The van der Waals surface area contributed by atoms with Gasteiger partial charge >= 0.3 is 5.97 Å². The van der Waals surface area contributed by atoms with Gasteiger partial charge in [-0.15, -0.1) is 0 Å². The average molecular weight is 395 g/mol. The Labute approximate surface area is 164 Å². The lowest BCUT2D eigenvalue weighted by atomic mass is 9.94. The number of hydrogen-bond acceptors (Lipinski definition) is 6. The molecule has 1 aliphatic heterocycles. The fourth-order valence-electron chi connectivity index (χ4n) is 3.79. The number of carboxylic acid groups (broad SMARTS) is 1. The van der Waals surface area contributed by atoms with Crippen molar-refractivity contribution in [2.45, 2.75) is 18.5 Å². The monoisotopic (exact) mass is 395 g/mol. The Morgan fingerprint density at radius 2 is 1.72 bits per heavy atom. The summed E-state index contributed by atoms with van der Waals surface area (Å²) in [4.78, 5) is 22.4. The molecule has 1 aliphatic rings. The highest BCUT2D eigenvalue weighted by Crippen LogP contribution is 2.52. The van der Waals surface area contributed by atoms with Crippen LogP contribution in [0.2, 0.25) is 0 Å². The summed E-state index contributed by atoms with van der Waals surface area (Å²) in [5.74, 6) is -1.92. The van der Waals surface area contributed by atoms with Crippen LogP contribution in [-0.4, -0.2) is 30.8 Å². The number of nitrogens with zero attached hydrogens (tertiary/aromatic N) is 2. The summed E-state index contributed by atoms with van der Waals surface area (Å²) < 4.78 is 1.19. The summed E-state index contributed by atoms with van der Waals surface area (Å²) in [6, 6.07) is 13.4. The van der Waals surface area contributed by atoms with E-state index >= 15 is 0 Å². The maximum absolute atomic E-state index is 12.1. The SMILES string of the molecule is C[C@]1(C(=O)O)N[C@@H](c2ccc([N+](=O)[O-])cc2)c2c1c(O)n(-c1ccccc1)c2O. The Bertz CT molecular complexity index is 1120. The van der Waals surface area contributed by atoms with E-state index in [0.29, 0.717) is 11.3 Å². The van der Waals surface area contributed by atoms with Gasteiger partial charge in [0.1, 0.15) is 5.54 Å². The van der Waals surface area contributed by atoms with Gasteiger partial charge < -0.3 is 15.3 Å². The van der Waals surface area contributed by atoms with Crippen LogP contribution in [0.25, 0.3) is 5.69 Å². The van der Waals surface area contributed by atoms with Crippen LogP contribution in [0, 0.1) is 10.1 Å². The maximum Gasteiger partial charge on any atom is 0.328 e. The fraction of sp³-hybridized carbons (Fsp3) is 0.150. The Morgan fingerprint density at radius 1 is 1.10 bits per heavy atom. The number of nitro benzene ring substituents is 1. The molecule has 3 aromatic rings. The van der Waals surface area contributed by atoms with E-state index in [2.05, 4.69) is 5.32 Å². The molecule has 2 aromatic carbocycles. The van der Waals surface area contributed by atoms with Gasteiger partial charge in [0, 0.05) is 17.7 Å². The van der Waals surface area contributed by atoms with E-state index in [9.17, 15) is 30.2 Å². The van der Waals surface area contributed by atoms with Gasteiger partial charge in [-0.1, -0.05) is 30.3 Å². The molecule has 0 fully saturated rings. The number of benzene rings is 2. The third-order valence-electron chi connectivity index (χ3n) is 5.26. The van der Waals surface area contributed by atoms with E-state index in [4.69, 9.17) is 0 Å². The van der Waals surface area contributed by atoms with E-state index < -0.39 is 22.5 Å². The second-order valence-electron chi connectivity index (χ2n) is 6.96. The molecule has 0 radical (unpaired) electrons. The molecule has 4 N–H and O–H groups in total. The first-order chi connectivity index (χ1) is 13.8. The van der Waals surface area contributed by atoms with Gasteiger partial charge in [0.25, 0.3) is 5.69 Å². The van der Waals surface area contributed by atoms with Gasteiger partial charge in [-0.2, -0.15) is 0 Å². The number of aromatic nitrogens is 1. The van der Waals surface area contributed by atoms with Crippen LogP contribution in [0.15, 0.2) is 54.6 Å². The molecule has 0 saturated carbocycles. The highest BCUT2D eigenvalue weighted by atomic mass is 16.6. The molecule has 29 heavy (non-hydrogen) atoms. The summed E-state index contributed by atoms with van der Waals surface area (Å²) in [7, 11) is 0. The van der Waals surface area contributed by atoms with E-state index in [0.717, 1.165) is 0 Å². The fourth-order valence-corrected chi connectivity index (χ4v) is 3.79. The normalized spacial score (nSPS) is 20.4. The average Bonchev–Trinajstić information content (AvgIpc) is 3.17. The number of rotatable bonds is 4. The first-order valence-electron chi connectivity index (χ1n) is 8.73. The van der Waals surface area contributed by atoms with Crippen molar-refractivity contribution in [3.05, 3.63) is 81.4 Å². The molecule has 0 spiro atoms. The lowest BCUT2D eigenvalue weighted by molar-refractivity contribution is -0.384. The van der Waals surface area contributed by atoms with Crippen molar-refractivity contribution in [3.8, 4) is 17.4 Å². The van der Waals surface area contributed by atoms with Crippen molar-refractivity contribution in [1.82, 2.24) is 9.88 Å². The molecule has 9 nitrogen and oxygen atoms in total. The summed E-state index contributed by atoms with van der Waals surface area (Å²) in [6.07, 6.45) is 0. The van der Waals surface area contributed by atoms with Crippen LogP contribution >= 0.6 is 0 Å². The third-order valence-corrected chi connectivity index (χ3v) is 5.26. The molecular weight excluding hydrogens is 378 g/mol. The smallest absolute Gasteiger partial charge is 0.328 e. The number of para-hydroxylation sites is 1. The molecule has 1 aromatic heterocycles. The molecule has 0 unspecified atom stereocenters. The van der Waals surface area contributed by atoms with Gasteiger partial charge in [-0.05, 0) is 24.6 Å². The van der Waals surface area contributed by atoms with Crippen LogP contribution in [-0.2, 0) is 10.3 Å². The number of nitrogens with one attached hydrogen (secondary N) is 1. The van der Waals surface area contributed by atoms with Crippen LogP contribution < -0.4 is 5.32 Å². The summed E-state index contributed by atoms with van der Waals surface area (Å²) in [5.41, 5.74) is -0.542. The standard InChI is InChI=1S/C20H17N3O6/c1-20(19(26)27)15-14(16(21-20)11-7-9-13(10-8-11)23(28)29)17(24)22(18(15)25)12-5-3-2-4-6-12/h2-10,16,21,24-25H,1H3,(H,26,27)/t16-,20-/m0/s1. The Hall–Kier alpha value is -3.85. The van der Waals surface area contributed by atoms with Gasteiger partial charge in [-0.25, -0.2) is 4.79 Å². The number of aliphatic carboxylic acids is 1. The lowest BCUT2D eigenvalue weighted by Gasteiger charge is -2.23. The highest BCUT2D eigenvalue weighted by molar-refractivity contribution is 5.85. The number of hydrogen-bond donors (Lipinski definition) is 4. The van der Waals surface area contributed by atoms with E-state index in [1.165, 1.54) is 35.8 Å². The van der Waals surface area contributed by atoms with Crippen molar-refractivity contribution in [2.75, 3.05) is 0 Å². The highest BCUT2D eigenvalue weighted by Gasteiger charge is 2.52. The van der Waals surface area contributed by atoms with Crippen molar-refractivity contribution in [1.29, 1.82) is 0 Å². The molecule has 2 atom stereocenters. The largest absolute Gasteiger partial charge is 0.494 e. The molecule has 0 aliphatic carbocycles. The molecule has 148 valence electrons. The minimum Gasteiger partial charge on any atom is -0.494 e. The second kappa shape index (κ2) is 6.35. The van der Waals surface area contributed by atoms with Crippen molar-refractivity contribution in [3.63, 3.8) is 0 Å². The minimum atomic E-state index is -1.68. The molecule has 0 saturated heterocycles. The number of carbonyl (C=O) groups is 1. The minimum absolute atomic E-state index is 0.0507. The number of nitro groups is 1. The molecule has 0 amide bonds. The quantitative estimate of drug-likeness (QED) is 0.394. The number of non-ortho nitro benzene ring substituents is 1. The lowest BCUT2D eigenvalue weighted by Crippen LogP contribution is -2.43. The van der Waals surface area contributed by atoms with E-state index in [-0.39, 0.29) is 28.6 Å². The first kappa shape index (κ1) is 18.5. The summed E-state index contributed by atoms with van der Waals surface area (Å²) in [6.45, 7) is 1.40. The van der Waals surface area contributed by atoms with Gasteiger partial charge in [-0.3, -0.25) is 20.0 Å². The number of fused-ring (bicyclic) bond motifs is 1. The number of carboxylic acids is 1. The van der Waals surface area contributed by atoms with Crippen LogP contribution in [0.3, 0.4) is 0 Å². The maximum atomic E-state index is 12.1. The zero-order chi connectivity index (χ0) is 20.9. The predicted molar refractivity (Wildman–Crippen MR) is 102 cm³/mol. The summed E-state index contributed by atoms with van der Waals surface area (Å²) >= 11 is 0. The van der Waals surface area contributed by atoms with Crippen LogP contribution in [0.1, 0.15) is 29.7 Å². The molecular formula is C20H17N3O6. The Balaban J connectivity index is 1.93. The third kappa shape index (κ3) is 2.63. The topological polar surface area (TPSA) is 138 Å². The van der Waals surface area contributed by atoms with Crippen molar-refractivity contribution in [2.24, 2.45) is 0 Å². The Morgan fingerprint density at radius 3 is 2.28 bits per heavy atom. The van der Waals surface area contributed by atoms with E-state index in [1.54, 1.807) is 30.3 Å². The number of aromatic hydroxyl groups is 2. The zero-order valence-corrected chi connectivity index (χ0v) is 15.2. The molecule has 4 rings (SSSR count). The Kier molecular flexibility index (Phi) is 4.05. The molecule has 0 bridgehead atoms. The van der Waals surface area contributed by atoms with Crippen LogP contribution in [0.5, 0.6) is 11.8 Å². The zero-order valence-electron chi connectivity index (χ0n) is 15.2. The predicted octanol–water partition coefficient (Wildman–Crippen LogP) is 2.79. The first-order valence-corrected chi connectivity index (χ1v) is 8.73. The van der Waals surface area contributed by atoms with Gasteiger partial charge in [0.2, 0.25) is 11.8 Å². The van der Waals surface area contributed by atoms with Crippen LogP contribution in [0.4, 0.5) is 5.69 Å². The van der Waals surface area contributed by atoms with Crippen molar-refractivity contribution >= 4 is 11.7 Å². The summed E-state index contributed by atoms with van der Waals surface area (Å²) in [5, 5.41) is 45.5. The van der Waals surface area contributed by atoms with Gasteiger partial charge in [0.05, 0.1) is 22.2 Å². The molecule has 2 heterocycles. The van der Waals surface area contributed by atoms with E-state index in [1.807, 2.05) is 0 Å². The molecule has 9 heteroatoms.